The van der Waals surface area contributed by atoms with Crippen molar-refractivity contribution in [3.05, 3.63) is 0 Å². The van der Waals surface area contributed by atoms with E-state index in [9.17, 15) is 0 Å². The van der Waals surface area contributed by atoms with Crippen molar-refractivity contribution < 1.29 is 8.26 Å². The van der Waals surface area contributed by atoms with Crippen LogP contribution in [0.3, 0.4) is 0 Å². The standard InChI is InChI=1S/C3H14NOSi2/c1-4(2,3)7-5-6/h7H2,1-3,6H3/q+1. The second kappa shape index (κ2) is 2.61. The zero-order valence-electron chi connectivity index (χ0n) is 5.56. The monoisotopic (exact) mass is 136 g/mol. The summed E-state index contributed by atoms with van der Waals surface area (Å²) in [5, 5.41) is 0. The van der Waals surface area contributed by atoms with Crippen molar-refractivity contribution in [3.8, 4) is 0 Å². The number of rotatable bonds is 2. The molecular weight excluding hydrogens is 122 g/mol. The maximum Gasteiger partial charge on any atom is 0.394 e. The Hall–Kier alpha value is 0.354. The zero-order chi connectivity index (χ0) is 5.91. The van der Waals surface area contributed by atoms with Gasteiger partial charge in [-0.1, -0.05) is 0 Å². The molecule has 0 heterocycles. The highest BCUT2D eigenvalue weighted by atomic mass is 28.3. The molecule has 0 aliphatic rings. The molecule has 0 spiro atoms. The first-order valence-corrected chi connectivity index (χ1v) is 4.38. The van der Waals surface area contributed by atoms with Crippen molar-refractivity contribution in [2.45, 2.75) is 0 Å². The molecule has 0 bridgehead atoms. The van der Waals surface area contributed by atoms with Gasteiger partial charge in [-0.15, -0.1) is 0 Å². The van der Waals surface area contributed by atoms with Gasteiger partial charge >= 0.3 is 9.92 Å². The van der Waals surface area contributed by atoms with Gasteiger partial charge in [0.1, 0.15) is 10.5 Å². The SMILES string of the molecule is C[N+](C)(C)[SiH2]O[SiH3]. The smallest absolute Gasteiger partial charge is 0.394 e. The molecule has 0 N–H and O–H groups in total. The molecule has 0 unspecified atom stereocenters. The van der Waals surface area contributed by atoms with Crippen LogP contribution in [0, 0.1) is 0 Å². The number of nitrogens with zero attached hydrogens (tertiary/aromatic N) is 1. The average Bonchev–Trinajstić information content (AvgIpc) is 1.30. The lowest BCUT2D eigenvalue weighted by molar-refractivity contribution is -0.761. The van der Waals surface area contributed by atoms with Crippen LogP contribution < -0.4 is 0 Å². The minimum atomic E-state index is -0.241. The van der Waals surface area contributed by atoms with Crippen molar-refractivity contribution in [1.82, 2.24) is 0 Å². The molecule has 0 aliphatic heterocycles. The topological polar surface area (TPSA) is 9.23 Å². The molecule has 7 heavy (non-hydrogen) atoms. The highest BCUT2D eigenvalue weighted by Gasteiger charge is 2.04. The first-order valence-electron chi connectivity index (χ1n) is 2.35. The molecule has 0 saturated heterocycles. The average molecular weight is 136 g/mol. The van der Waals surface area contributed by atoms with Gasteiger partial charge in [0.05, 0.1) is 21.1 Å². The lowest BCUT2D eigenvalue weighted by Crippen LogP contribution is -2.39. The van der Waals surface area contributed by atoms with Gasteiger partial charge in [-0.25, -0.2) is 0 Å². The molecule has 0 atom stereocenters. The molecule has 0 fully saturated rings. The number of quaternary nitrogens is 1. The Morgan fingerprint density at radius 2 is 1.86 bits per heavy atom. The van der Waals surface area contributed by atoms with Crippen LogP contribution in [0.2, 0.25) is 0 Å². The Labute approximate surface area is 50.6 Å². The summed E-state index contributed by atoms with van der Waals surface area (Å²) in [7, 11) is 7.19. The summed E-state index contributed by atoms with van der Waals surface area (Å²) in [4.78, 5) is 0. The van der Waals surface area contributed by atoms with E-state index >= 15 is 0 Å². The molecule has 4 heteroatoms. The first kappa shape index (κ1) is 7.35. The highest BCUT2D eigenvalue weighted by molar-refractivity contribution is 6.26. The van der Waals surface area contributed by atoms with E-state index in [-0.39, 0.29) is 9.92 Å². The van der Waals surface area contributed by atoms with Crippen LogP contribution in [0.5, 0.6) is 0 Å². The molecule has 0 aliphatic carbocycles. The third-order valence-electron chi connectivity index (χ3n) is 0.516. The molecule has 44 valence electrons. The summed E-state index contributed by atoms with van der Waals surface area (Å²) in [6, 6.07) is 0. The second-order valence-corrected chi connectivity index (χ2v) is 7.17. The van der Waals surface area contributed by atoms with Gasteiger partial charge in [-0.2, -0.15) is 0 Å². The van der Waals surface area contributed by atoms with Gasteiger partial charge in [0, 0.05) is 0 Å². The van der Waals surface area contributed by atoms with E-state index in [2.05, 4.69) is 21.1 Å². The zero-order valence-corrected chi connectivity index (χ0v) is 8.98. The molecule has 0 aromatic heterocycles. The molecule has 2 nitrogen and oxygen atoms in total. The fourth-order valence-electron chi connectivity index (χ4n) is 0.387. The van der Waals surface area contributed by atoms with Crippen molar-refractivity contribution in [2.24, 2.45) is 0 Å². The van der Waals surface area contributed by atoms with Crippen LogP contribution >= 0.6 is 0 Å². The van der Waals surface area contributed by atoms with E-state index < -0.39 is 0 Å². The van der Waals surface area contributed by atoms with Crippen LogP contribution in [-0.2, 0) is 4.12 Å². The Morgan fingerprint density at radius 3 is 1.86 bits per heavy atom. The largest absolute Gasteiger partial charge is 0.426 e. The maximum atomic E-state index is 5.16. The Bertz CT molecular complexity index is 51.4. The minimum absolute atomic E-state index is 0.241. The third kappa shape index (κ3) is 6.35. The van der Waals surface area contributed by atoms with E-state index in [1.165, 1.54) is 0 Å². The van der Waals surface area contributed by atoms with Crippen molar-refractivity contribution >= 4 is 20.4 Å². The molecule has 0 saturated carbocycles. The first-order chi connectivity index (χ1) is 3.06. The van der Waals surface area contributed by atoms with Gasteiger partial charge in [0.15, 0.2) is 0 Å². The summed E-state index contributed by atoms with van der Waals surface area (Å²) in [6.45, 7) is 0. The maximum absolute atomic E-state index is 5.16. The van der Waals surface area contributed by atoms with Gasteiger partial charge in [0.25, 0.3) is 0 Å². The fourth-order valence-corrected chi connectivity index (χ4v) is 3.49. The van der Waals surface area contributed by atoms with Crippen molar-refractivity contribution in [2.75, 3.05) is 21.1 Å². The normalized spacial score (nSPS) is 14.1. The van der Waals surface area contributed by atoms with E-state index in [1.807, 2.05) is 0 Å². The van der Waals surface area contributed by atoms with Crippen molar-refractivity contribution in [1.29, 1.82) is 0 Å². The second-order valence-electron chi connectivity index (χ2n) is 2.71. The highest BCUT2D eigenvalue weighted by Crippen LogP contribution is 1.82. The lowest BCUT2D eigenvalue weighted by Gasteiger charge is -2.22. The summed E-state index contributed by atoms with van der Waals surface area (Å²) in [6.07, 6.45) is 0. The molecule has 0 rings (SSSR count). The van der Waals surface area contributed by atoms with Gasteiger partial charge in [0.2, 0.25) is 0 Å². The van der Waals surface area contributed by atoms with E-state index in [0.29, 0.717) is 0 Å². The lowest BCUT2D eigenvalue weighted by atomic mass is 11.0. The predicted molar refractivity (Wildman–Crippen MR) is 37.6 cm³/mol. The Balaban J connectivity index is 3.15. The molecular formula is C3H14NOSi2+. The van der Waals surface area contributed by atoms with Crippen LogP contribution in [0.4, 0.5) is 0 Å². The molecule has 0 aromatic carbocycles. The minimum Gasteiger partial charge on any atom is -0.426 e. The Morgan fingerprint density at radius 1 is 1.43 bits per heavy atom. The van der Waals surface area contributed by atoms with Gasteiger partial charge in [-0.05, 0) is 0 Å². The van der Waals surface area contributed by atoms with E-state index in [1.54, 1.807) is 0 Å². The van der Waals surface area contributed by atoms with Crippen LogP contribution in [0.15, 0.2) is 0 Å². The van der Waals surface area contributed by atoms with Gasteiger partial charge < -0.3 is 8.26 Å². The van der Waals surface area contributed by atoms with Crippen LogP contribution in [0.1, 0.15) is 0 Å². The van der Waals surface area contributed by atoms with E-state index in [4.69, 9.17) is 4.12 Å². The van der Waals surface area contributed by atoms with Gasteiger partial charge in [-0.3, -0.25) is 0 Å². The summed E-state index contributed by atoms with van der Waals surface area (Å²) < 4.78 is 6.20. The van der Waals surface area contributed by atoms with E-state index in [0.717, 1.165) is 14.6 Å². The van der Waals surface area contributed by atoms with Crippen LogP contribution in [-0.4, -0.2) is 45.7 Å². The fraction of sp³-hybridized carbons (Fsp3) is 1.00. The predicted octanol–water partition coefficient (Wildman–Crippen LogP) is -2.01. The van der Waals surface area contributed by atoms with Crippen LogP contribution in [0.25, 0.3) is 0 Å². The molecule has 0 aromatic rings. The summed E-state index contributed by atoms with van der Waals surface area (Å²) in [5.74, 6) is 0. The Kier molecular flexibility index (Phi) is 2.74. The molecule has 0 radical (unpaired) electrons. The number of hydrogen-bond acceptors (Lipinski definition) is 1. The molecule has 0 amide bonds. The summed E-state index contributed by atoms with van der Waals surface area (Å²) >= 11 is 0. The summed E-state index contributed by atoms with van der Waals surface area (Å²) in [5.41, 5.74) is 0. The van der Waals surface area contributed by atoms with Crippen molar-refractivity contribution in [3.63, 3.8) is 0 Å². The number of hydrogen-bond donors (Lipinski definition) is 0. The quantitative estimate of drug-likeness (QED) is 0.399. The third-order valence-corrected chi connectivity index (χ3v) is 2.32.